The minimum atomic E-state index is -0.909. The number of thiophene rings is 1. The molecular weight excluding hydrogens is 324 g/mol. The van der Waals surface area contributed by atoms with Crippen LogP contribution < -0.4 is 5.32 Å². The number of carbonyl (C=O) groups is 2. The van der Waals surface area contributed by atoms with Gasteiger partial charge in [-0.15, -0.1) is 11.3 Å². The number of benzene rings is 1. The van der Waals surface area contributed by atoms with E-state index in [0.717, 1.165) is 15.8 Å². The Labute approximate surface area is 143 Å². The largest absolute Gasteiger partial charge is 0.481 e. The van der Waals surface area contributed by atoms with Gasteiger partial charge in [0.1, 0.15) is 0 Å². The lowest BCUT2D eigenvalue weighted by atomic mass is 9.99. The molecule has 122 valence electrons. The van der Waals surface area contributed by atoms with Gasteiger partial charge in [-0.1, -0.05) is 24.3 Å². The number of rotatable bonds is 6. The standard InChI is InChI=1S/C18H16N2O3S/c21-16(10-13(11-17(22)23)15-7-3-9-24-15)20-14-6-1-4-12-5-2-8-19-18(12)14/h1-9,13H,10-11H2,(H,20,21)(H,22,23). The van der Waals surface area contributed by atoms with Gasteiger partial charge in [-0.05, 0) is 23.6 Å². The zero-order chi connectivity index (χ0) is 16.9. The van der Waals surface area contributed by atoms with Gasteiger partial charge in [0, 0.05) is 28.8 Å². The number of fused-ring (bicyclic) bond motifs is 1. The number of aliphatic carboxylic acids is 1. The molecule has 0 aliphatic rings. The number of hydrogen-bond donors (Lipinski definition) is 2. The number of nitrogens with zero attached hydrogens (tertiary/aromatic N) is 1. The average Bonchev–Trinajstić information content (AvgIpc) is 3.08. The Hall–Kier alpha value is -2.73. The number of anilines is 1. The van der Waals surface area contributed by atoms with E-state index in [1.165, 1.54) is 11.3 Å². The van der Waals surface area contributed by atoms with E-state index in [4.69, 9.17) is 5.11 Å². The molecule has 2 aromatic heterocycles. The maximum atomic E-state index is 12.4. The van der Waals surface area contributed by atoms with E-state index in [0.29, 0.717) is 5.69 Å². The Bertz CT molecular complexity index is 856. The van der Waals surface area contributed by atoms with E-state index >= 15 is 0 Å². The van der Waals surface area contributed by atoms with Crippen LogP contribution in [0.15, 0.2) is 54.0 Å². The summed E-state index contributed by atoms with van der Waals surface area (Å²) in [5.41, 5.74) is 1.36. The average molecular weight is 340 g/mol. The van der Waals surface area contributed by atoms with Crippen molar-refractivity contribution in [2.75, 3.05) is 5.32 Å². The number of carboxylic acids is 1. The fourth-order valence-electron chi connectivity index (χ4n) is 2.64. The van der Waals surface area contributed by atoms with E-state index in [2.05, 4.69) is 10.3 Å². The number of para-hydroxylation sites is 1. The SMILES string of the molecule is O=C(O)CC(CC(=O)Nc1cccc2cccnc12)c1cccs1. The van der Waals surface area contributed by atoms with Crippen molar-refractivity contribution >= 4 is 39.8 Å². The summed E-state index contributed by atoms with van der Waals surface area (Å²) in [6, 6.07) is 13.1. The van der Waals surface area contributed by atoms with Crippen molar-refractivity contribution in [3.63, 3.8) is 0 Å². The van der Waals surface area contributed by atoms with E-state index in [1.807, 2.05) is 41.8 Å². The molecular formula is C18H16N2O3S. The molecule has 6 heteroatoms. The van der Waals surface area contributed by atoms with Crippen LogP contribution in [0.3, 0.4) is 0 Å². The molecule has 1 aromatic carbocycles. The Morgan fingerprint density at radius 3 is 2.71 bits per heavy atom. The van der Waals surface area contributed by atoms with Crippen molar-refractivity contribution < 1.29 is 14.7 Å². The highest BCUT2D eigenvalue weighted by Gasteiger charge is 2.20. The van der Waals surface area contributed by atoms with Crippen LogP contribution in [0.4, 0.5) is 5.69 Å². The van der Waals surface area contributed by atoms with Gasteiger partial charge in [0.25, 0.3) is 0 Å². The number of pyridine rings is 1. The molecule has 24 heavy (non-hydrogen) atoms. The van der Waals surface area contributed by atoms with E-state index in [9.17, 15) is 9.59 Å². The molecule has 0 spiro atoms. The van der Waals surface area contributed by atoms with Gasteiger partial charge in [-0.2, -0.15) is 0 Å². The summed E-state index contributed by atoms with van der Waals surface area (Å²) in [6.45, 7) is 0. The zero-order valence-corrected chi connectivity index (χ0v) is 13.6. The smallest absolute Gasteiger partial charge is 0.304 e. The fraction of sp³-hybridized carbons (Fsp3) is 0.167. The molecule has 0 aliphatic carbocycles. The molecule has 0 fully saturated rings. The normalized spacial score (nSPS) is 12.0. The Kier molecular flexibility index (Phi) is 4.86. The van der Waals surface area contributed by atoms with Crippen molar-refractivity contribution in [2.45, 2.75) is 18.8 Å². The van der Waals surface area contributed by atoms with Crippen LogP contribution >= 0.6 is 11.3 Å². The predicted molar refractivity (Wildman–Crippen MR) is 94.3 cm³/mol. The Morgan fingerprint density at radius 1 is 1.12 bits per heavy atom. The molecule has 1 amide bonds. The lowest BCUT2D eigenvalue weighted by Gasteiger charge is -2.14. The number of nitrogens with one attached hydrogen (secondary N) is 1. The molecule has 0 radical (unpaired) electrons. The third-order valence-corrected chi connectivity index (χ3v) is 4.74. The van der Waals surface area contributed by atoms with Crippen molar-refractivity contribution in [1.82, 2.24) is 4.98 Å². The highest BCUT2D eigenvalue weighted by molar-refractivity contribution is 7.10. The highest BCUT2D eigenvalue weighted by atomic mass is 32.1. The number of amides is 1. The van der Waals surface area contributed by atoms with Crippen molar-refractivity contribution in [3.05, 3.63) is 58.9 Å². The molecule has 0 saturated carbocycles. The van der Waals surface area contributed by atoms with Crippen LogP contribution in [0.5, 0.6) is 0 Å². The van der Waals surface area contributed by atoms with Crippen LogP contribution in [-0.2, 0) is 9.59 Å². The van der Waals surface area contributed by atoms with Gasteiger partial charge in [-0.25, -0.2) is 0 Å². The molecule has 3 rings (SSSR count). The monoisotopic (exact) mass is 340 g/mol. The lowest BCUT2D eigenvalue weighted by Crippen LogP contribution is -2.17. The van der Waals surface area contributed by atoms with Crippen molar-refractivity contribution in [1.29, 1.82) is 0 Å². The van der Waals surface area contributed by atoms with Gasteiger partial charge in [0.05, 0.1) is 17.6 Å². The summed E-state index contributed by atoms with van der Waals surface area (Å²) >= 11 is 1.47. The van der Waals surface area contributed by atoms with Crippen LogP contribution in [0.25, 0.3) is 10.9 Å². The van der Waals surface area contributed by atoms with Crippen LogP contribution in [-0.4, -0.2) is 22.0 Å². The zero-order valence-electron chi connectivity index (χ0n) is 12.8. The van der Waals surface area contributed by atoms with Crippen LogP contribution in [0, 0.1) is 0 Å². The predicted octanol–water partition coefficient (Wildman–Crippen LogP) is 3.88. The molecule has 1 unspecified atom stereocenters. The summed E-state index contributed by atoms with van der Waals surface area (Å²) < 4.78 is 0. The van der Waals surface area contributed by atoms with Gasteiger partial charge in [0.2, 0.25) is 5.91 Å². The van der Waals surface area contributed by atoms with Crippen LogP contribution in [0.2, 0.25) is 0 Å². The molecule has 2 heterocycles. The number of carbonyl (C=O) groups excluding carboxylic acids is 1. The highest BCUT2D eigenvalue weighted by Crippen LogP contribution is 2.29. The molecule has 0 saturated heterocycles. The summed E-state index contributed by atoms with van der Waals surface area (Å²) in [6.07, 6.45) is 1.73. The molecule has 2 N–H and O–H groups in total. The maximum absolute atomic E-state index is 12.4. The summed E-state index contributed by atoms with van der Waals surface area (Å²) in [5, 5.41) is 14.8. The molecule has 0 aliphatic heterocycles. The lowest BCUT2D eigenvalue weighted by molar-refractivity contribution is -0.137. The second-order valence-corrected chi connectivity index (χ2v) is 6.42. The first-order chi connectivity index (χ1) is 11.6. The first kappa shape index (κ1) is 16.1. The first-order valence-corrected chi connectivity index (χ1v) is 8.40. The first-order valence-electron chi connectivity index (χ1n) is 7.52. The topological polar surface area (TPSA) is 79.3 Å². The molecule has 5 nitrogen and oxygen atoms in total. The Balaban J connectivity index is 1.77. The van der Waals surface area contributed by atoms with E-state index in [1.54, 1.807) is 12.3 Å². The van der Waals surface area contributed by atoms with E-state index in [-0.39, 0.29) is 24.7 Å². The molecule has 1 atom stereocenters. The summed E-state index contributed by atoms with van der Waals surface area (Å²) in [7, 11) is 0. The van der Waals surface area contributed by atoms with Crippen molar-refractivity contribution in [2.24, 2.45) is 0 Å². The Morgan fingerprint density at radius 2 is 1.96 bits per heavy atom. The van der Waals surface area contributed by atoms with Crippen LogP contribution in [0.1, 0.15) is 23.6 Å². The number of carboxylic acid groups (broad SMARTS) is 1. The third kappa shape index (κ3) is 3.78. The second kappa shape index (κ2) is 7.23. The fourth-order valence-corrected chi connectivity index (χ4v) is 3.47. The minimum absolute atomic E-state index is 0.0677. The second-order valence-electron chi connectivity index (χ2n) is 5.44. The number of aromatic nitrogens is 1. The number of hydrogen-bond acceptors (Lipinski definition) is 4. The molecule has 3 aromatic rings. The summed E-state index contributed by atoms with van der Waals surface area (Å²) in [5.74, 6) is -1.45. The van der Waals surface area contributed by atoms with Gasteiger partial charge < -0.3 is 10.4 Å². The van der Waals surface area contributed by atoms with Gasteiger partial charge in [-0.3, -0.25) is 14.6 Å². The third-order valence-electron chi connectivity index (χ3n) is 3.71. The van der Waals surface area contributed by atoms with Gasteiger partial charge >= 0.3 is 5.97 Å². The quantitative estimate of drug-likeness (QED) is 0.713. The van der Waals surface area contributed by atoms with E-state index < -0.39 is 5.97 Å². The van der Waals surface area contributed by atoms with Gasteiger partial charge in [0.15, 0.2) is 0 Å². The van der Waals surface area contributed by atoms with Crippen molar-refractivity contribution in [3.8, 4) is 0 Å². The molecule has 0 bridgehead atoms. The minimum Gasteiger partial charge on any atom is -0.481 e. The maximum Gasteiger partial charge on any atom is 0.304 e. The summed E-state index contributed by atoms with van der Waals surface area (Å²) in [4.78, 5) is 28.7.